The van der Waals surface area contributed by atoms with E-state index in [2.05, 4.69) is 18.1 Å². The van der Waals surface area contributed by atoms with E-state index in [4.69, 9.17) is 5.73 Å². The number of nitrogens with zero attached hydrogens (tertiary/aromatic N) is 2. The monoisotopic (exact) mass is 207 g/mol. The molecule has 1 saturated carbocycles. The Labute approximate surface area is 91.7 Å². The topological polar surface area (TPSA) is 43.8 Å². The Morgan fingerprint density at radius 2 is 2.20 bits per heavy atom. The molecular formula is C12H21N3. The lowest BCUT2D eigenvalue weighted by molar-refractivity contribution is 0.386. The quantitative estimate of drug-likeness (QED) is 0.819. The minimum absolute atomic E-state index is 0.736. The van der Waals surface area contributed by atoms with Gasteiger partial charge in [0.25, 0.3) is 0 Å². The van der Waals surface area contributed by atoms with Crippen LogP contribution in [0.5, 0.6) is 0 Å². The van der Waals surface area contributed by atoms with Gasteiger partial charge in [0.1, 0.15) is 0 Å². The normalized spacial score (nSPS) is 26.1. The summed E-state index contributed by atoms with van der Waals surface area (Å²) in [5.74, 6) is 1.52. The summed E-state index contributed by atoms with van der Waals surface area (Å²) in [7, 11) is 2.04. The Morgan fingerprint density at radius 3 is 2.80 bits per heavy atom. The molecule has 0 radical (unpaired) electrons. The third-order valence-corrected chi connectivity index (χ3v) is 3.69. The predicted molar refractivity (Wildman–Crippen MR) is 61.5 cm³/mol. The van der Waals surface area contributed by atoms with Crippen molar-refractivity contribution in [3.8, 4) is 0 Å². The lowest BCUT2D eigenvalue weighted by atomic mass is 9.91. The fourth-order valence-corrected chi connectivity index (χ4v) is 2.82. The highest BCUT2D eigenvalue weighted by Crippen LogP contribution is 2.33. The fraction of sp³-hybridized carbons (Fsp3) is 0.750. The van der Waals surface area contributed by atoms with Gasteiger partial charge in [-0.15, -0.1) is 0 Å². The second-order valence-corrected chi connectivity index (χ2v) is 4.79. The van der Waals surface area contributed by atoms with Gasteiger partial charge in [-0.3, -0.25) is 4.68 Å². The largest absolute Gasteiger partial charge is 0.330 e. The van der Waals surface area contributed by atoms with Gasteiger partial charge in [0.15, 0.2) is 0 Å². The first-order valence-electron chi connectivity index (χ1n) is 5.90. The van der Waals surface area contributed by atoms with Gasteiger partial charge >= 0.3 is 0 Å². The molecule has 0 bridgehead atoms. The lowest BCUT2D eigenvalue weighted by Crippen LogP contribution is -2.20. The highest BCUT2D eigenvalue weighted by molar-refractivity contribution is 5.10. The number of nitrogens with two attached hydrogens (primary N) is 1. The van der Waals surface area contributed by atoms with Crippen LogP contribution in [0.25, 0.3) is 0 Å². The molecule has 0 aliphatic heterocycles. The van der Waals surface area contributed by atoms with Gasteiger partial charge in [0.2, 0.25) is 0 Å². The predicted octanol–water partition coefficient (Wildman–Crippen LogP) is 1.65. The number of aromatic nitrogens is 2. The number of aryl methyl sites for hydroxylation is 2. The molecule has 2 atom stereocenters. The second-order valence-electron chi connectivity index (χ2n) is 4.79. The van der Waals surface area contributed by atoms with Crippen LogP contribution in [0.4, 0.5) is 0 Å². The summed E-state index contributed by atoms with van der Waals surface area (Å²) in [6.45, 7) is 2.90. The Kier molecular flexibility index (Phi) is 3.10. The molecule has 2 unspecified atom stereocenters. The number of rotatable bonds is 3. The van der Waals surface area contributed by atoms with Crippen LogP contribution in [-0.4, -0.2) is 16.3 Å². The van der Waals surface area contributed by atoms with Crippen LogP contribution in [-0.2, 0) is 13.5 Å². The minimum Gasteiger partial charge on any atom is -0.330 e. The molecule has 1 aliphatic rings. The number of hydrogen-bond donors (Lipinski definition) is 1. The van der Waals surface area contributed by atoms with Crippen molar-refractivity contribution >= 4 is 0 Å². The summed E-state index contributed by atoms with van der Waals surface area (Å²) in [6.07, 6.45) is 5.16. The third kappa shape index (κ3) is 2.23. The van der Waals surface area contributed by atoms with Crippen LogP contribution >= 0.6 is 0 Å². The van der Waals surface area contributed by atoms with Gasteiger partial charge in [-0.05, 0) is 50.6 Å². The van der Waals surface area contributed by atoms with E-state index < -0.39 is 0 Å². The Hall–Kier alpha value is -0.830. The van der Waals surface area contributed by atoms with Gasteiger partial charge in [0.05, 0.1) is 5.69 Å². The summed E-state index contributed by atoms with van der Waals surface area (Å²) in [6, 6.07) is 2.20. The van der Waals surface area contributed by atoms with Gasteiger partial charge in [0, 0.05) is 12.7 Å². The van der Waals surface area contributed by atoms with Crippen molar-refractivity contribution in [1.82, 2.24) is 9.78 Å². The van der Waals surface area contributed by atoms with E-state index in [0.717, 1.165) is 30.5 Å². The zero-order valence-electron chi connectivity index (χ0n) is 9.74. The van der Waals surface area contributed by atoms with Crippen LogP contribution in [0, 0.1) is 18.8 Å². The summed E-state index contributed by atoms with van der Waals surface area (Å²) in [5, 5.41) is 4.39. The van der Waals surface area contributed by atoms with E-state index in [1.54, 1.807) is 0 Å². The molecule has 0 aromatic carbocycles. The smallest absolute Gasteiger partial charge is 0.0596 e. The summed E-state index contributed by atoms with van der Waals surface area (Å²) in [5.41, 5.74) is 8.28. The highest BCUT2D eigenvalue weighted by atomic mass is 15.3. The molecule has 84 valence electrons. The summed E-state index contributed by atoms with van der Waals surface area (Å²) < 4.78 is 2.02. The molecule has 15 heavy (non-hydrogen) atoms. The van der Waals surface area contributed by atoms with E-state index in [0.29, 0.717) is 0 Å². The van der Waals surface area contributed by atoms with Crippen molar-refractivity contribution in [2.75, 3.05) is 6.54 Å². The van der Waals surface area contributed by atoms with Gasteiger partial charge < -0.3 is 5.73 Å². The van der Waals surface area contributed by atoms with Crippen molar-refractivity contribution in [3.63, 3.8) is 0 Å². The van der Waals surface area contributed by atoms with Crippen molar-refractivity contribution in [2.45, 2.75) is 32.6 Å². The third-order valence-electron chi connectivity index (χ3n) is 3.69. The standard InChI is InChI=1S/C12H21N3/c1-9-6-12(15(2)14-9)7-10-4-3-5-11(10)8-13/h6,10-11H,3-5,7-8,13H2,1-2H3. The Bertz CT molecular complexity index is 330. The average Bonchev–Trinajstić information content (AvgIpc) is 2.74. The maximum absolute atomic E-state index is 5.80. The van der Waals surface area contributed by atoms with Crippen LogP contribution in [0.3, 0.4) is 0 Å². The molecule has 1 heterocycles. The van der Waals surface area contributed by atoms with Crippen molar-refractivity contribution < 1.29 is 0 Å². The van der Waals surface area contributed by atoms with Crippen LogP contribution in [0.2, 0.25) is 0 Å². The first kappa shape index (κ1) is 10.7. The molecule has 1 aromatic rings. The maximum atomic E-state index is 5.80. The SMILES string of the molecule is Cc1cc(CC2CCCC2CN)n(C)n1. The van der Waals surface area contributed by atoms with E-state index in [1.807, 2.05) is 11.7 Å². The molecule has 3 nitrogen and oxygen atoms in total. The first-order chi connectivity index (χ1) is 7.20. The molecule has 3 heteroatoms. The van der Waals surface area contributed by atoms with Gasteiger partial charge in [-0.2, -0.15) is 5.10 Å². The summed E-state index contributed by atoms with van der Waals surface area (Å²) in [4.78, 5) is 0. The van der Waals surface area contributed by atoms with Gasteiger partial charge in [-0.1, -0.05) is 6.42 Å². The zero-order chi connectivity index (χ0) is 10.8. The zero-order valence-corrected chi connectivity index (χ0v) is 9.74. The van der Waals surface area contributed by atoms with Gasteiger partial charge in [-0.25, -0.2) is 0 Å². The average molecular weight is 207 g/mol. The molecule has 2 N–H and O–H groups in total. The minimum atomic E-state index is 0.736. The molecule has 0 spiro atoms. The molecule has 1 aromatic heterocycles. The van der Waals surface area contributed by atoms with Crippen LogP contribution < -0.4 is 5.73 Å². The molecular weight excluding hydrogens is 186 g/mol. The van der Waals surface area contributed by atoms with Crippen LogP contribution in [0.15, 0.2) is 6.07 Å². The molecule has 1 aliphatic carbocycles. The fourth-order valence-electron chi connectivity index (χ4n) is 2.82. The van der Waals surface area contributed by atoms with Crippen molar-refractivity contribution in [1.29, 1.82) is 0 Å². The number of hydrogen-bond acceptors (Lipinski definition) is 2. The van der Waals surface area contributed by atoms with Crippen molar-refractivity contribution in [2.24, 2.45) is 24.6 Å². The van der Waals surface area contributed by atoms with E-state index >= 15 is 0 Å². The highest BCUT2D eigenvalue weighted by Gasteiger charge is 2.26. The molecule has 0 saturated heterocycles. The maximum Gasteiger partial charge on any atom is 0.0596 e. The second kappa shape index (κ2) is 4.35. The van der Waals surface area contributed by atoms with E-state index in [-0.39, 0.29) is 0 Å². The molecule has 1 fully saturated rings. The first-order valence-corrected chi connectivity index (χ1v) is 5.90. The van der Waals surface area contributed by atoms with E-state index in [1.165, 1.54) is 25.0 Å². The summed E-state index contributed by atoms with van der Waals surface area (Å²) >= 11 is 0. The molecule has 0 amide bonds. The molecule has 2 rings (SSSR count). The van der Waals surface area contributed by atoms with Crippen molar-refractivity contribution in [3.05, 3.63) is 17.5 Å². The van der Waals surface area contributed by atoms with E-state index in [9.17, 15) is 0 Å². The Morgan fingerprint density at radius 1 is 1.47 bits per heavy atom. The Balaban J connectivity index is 2.05. The van der Waals surface area contributed by atoms with Crippen LogP contribution in [0.1, 0.15) is 30.7 Å². The lowest BCUT2D eigenvalue weighted by Gasteiger charge is -2.17.